The van der Waals surface area contributed by atoms with Crippen molar-refractivity contribution in [2.75, 3.05) is 4.90 Å². The Balaban J connectivity index is 1.09. The van der Waals surface area contributed by atoms with Crippen LogP contribution in [0.5, 0.6) is 0 Å². The van der Waals surface area contributed by atoms with Gasteiger partial charge in [0.05, 0.1) is 17.1 Å². The van der Waals surface area contributed by atoms with Crippen molar-refractivity contribution in [1.29, 1.82) is 0 Å². The number of benzene rings is 8. The Labute approximate surface area is 319 Å². The highest BCUT2D eigenvalue weighted by Crippen LogP contribution is 2.46. The molecule has 10 aromatic rings. The van der Waals surface area contributed by atoms with E-state index in [-0.39, 0.29) is 6.04 Å². The molecule has 55 heavy (non-hydrogen) atoms. The van der Waals surface area contributed by atoms with Gasteiger partial charge < -0.3 is 13.9 Å². The predicted octanol–water partition coefficient (Wildman–Crippen LogP) is 14.2. The molecule has 8 aromatic carbocycles. The van der Waals surface area contributed by atoms with Crippen molar-refractivity contribution in [3.8, 4) is 22.3 Å². The molecule has 0 fully saturated rings. The second kappa shape index (κ2) is 12.8. The first-order valence-corrected chi connectivity index (χ1v) is 19.0. The zero-order valence-electron chi connectivity index (χ0n) is 30.1. The molecule has 0 bridgehead atoms. The van der Waals surface area contributed by atoms with E-state index in [1.165, 1.54) is 49.4 Å². The molecule has 0 radical (unpaired) electrons. The van der Waals surface area contributed by atoms with Crippen LogP contribution in [0.3, 0.4) is 0 Å². The molecular formula is C52H36N2O. The second-order valence-corrected chi connectivity index (χ2v) is 14.4. The number of aromatic nitrogens is 1. The van der Waals surface area contributed by atoms with Gasteiger partial charge in [0, 0.05) is 55.3 Å². The molecule has 2 heterocycles. The predicted molar refractivity (Wildman–Crippen MR) is 232 cm³/mol. The van der Waals surface area contributed by atoms with E-state index in [4.69, 9.17) is 4.42 Å². The van der Waals surface area contributed by atoms with Crippen LogP contribution in [0.1, 0.15) is 6.42 Å². The number of allylic oxidation sites excluding steroid dienone is 2. The summed E-state index contributed by atoms with van der Waals surface area (Å²) in [5, 5.41) is 7.20. The van der Waals surface area contributed by atoms with E-state index >= 15 is 0 Å². The normalized spacial score (nSPS) is 14.3. The highest BCUT2D eigenvalue weighted by molar-refractivity contribution is 6.14. The maximum Gasteiger partial charge on any atom is 0.143 e. The lowest BCUT2D eigenvalue weighted by atomic mass is 9.95. The summed E-state index contributed by atoms with van der Waals surface area (Å²) in [6.45, 7) is 0. The third-order valence-corrected chi connectivity index (χ3v) is 11.3. The van der Waals surface area contributed by atoms with Crippen LogP contribution >= 0.6 is 0 Å². The standard InChI is InChI=1S/C52H36N2O/c1-2-15-35(16-3-1)40-19-6-10-25-47(40)53(38-29-31-39(32-30-38)54-48-26-11-7-20-41(48)42-21-8-12-27-49(42)54)50-28-13-9-22-43(50)44-23-14-24-45-46-33-36-17-4-5-18-37(36)34-51(46)55-52(44)45/h1-29,31-34,38H,30H2. The van der Waals surface area contributed by atoms with Gasteiger partial charge in [-0.25, -0.2) is 0 Å². The fourth-order valence-corrected chi connectivity index (χ4v) is 8.80. The average molecular weight is 705 g/mol. The topological polar surface area (TPSA) is 21.3 Å². The second-order valence-electron chi connectivity index (χ2n) is 14.4. The largest absolute Gasteiger partial charge is 0.455 e. The van der Waals surface area contributed by atoms with E-state index in [0.717, 1.165) is 50.9 Å². The van der Waals surface area contributed by atoms with Crippen molar-refractivity contribution in [1.82, 2.24) is 4.57 Å². The molecular weight excluding hydrogens is 669 g/mol. The molecule has 1 atom stereocenters. The number of para-hydroxylation sites is 5. The Morgan fingerprint density at radius 2 is 1.07 bits per heavy atom. The van der Waals surface area contributed by atoms with Gasteiger partial charge in [-0.2, -0.15) is 0 Å². The molecule has 0 N–H and O–H groups in total. The van der Waals surface area contributed by atoms with E-state index < -0.39 is 0 Å². The van der Waals surface area contributed by atoms with Crippen molar-refractivity contribution in [3.05, 3.63) is 200 Å². The third kappa shape index (κ3) is 5.12. The number of hydrogen-bond acceptors (Lipinski definition) is 2. The molecule has 3 heteroatoms. The van der Waals surface area contributed by atoms with Gasteiger partial charge in [-0.05, 0) is 65.2 Å². The lowest BCUT2D eigenvalue weighted by Gasteiger charge is -2.36. The van der Waals surface area contributed by atoms with Gasteiger partial charge in [0.25, 0.3) is 0 Å². The van der Waals surface area contributed by atoms with Crippen molar-refractivity contribution in [2.45, 2.75) is 12.5 Å². The summed E-state index contributed by atoms with van der Waals surface area (Å²) in [6, 6.07) is 65.4. The van der Waals surface area contributed by atoms with Crippen molar-refractivity contribution in [3.63, 3.8) is 0 Å². The van der Waals surface area contributed by atoms with Crippen LogP contribution in [-0.2, 0) is 0 Å². The minimum absolute atomic E-state index is 0.0445. The summed E-state index contributed by atoms with van der Waals surface area (Å²) in [4.78, 5) is 2.54. The Morgan fingerprint density at radius 1 is 0.491 bits per heavy atom. The highest BCUT2D eigenvalue weighted by Gasteiger charge is 2.27. The first kappa shape index (κ1) is 31.4. The molecule has 0 saturated carbocycles. The fourth-order valence-electron chi connectivity index (χ4n) is 8.80. The number of hydrogen-bond donors (Lipinski definition) is 0. The van der Waals surface area contributed by atoms with Crippen LogP contribution in [0.15, 0.2) is 205 Å². The molecule has 3 nitrogen and oxygen atoms in total. The number of fused-ring (bicyclic) bond motifs is 7. The number of nitrogens with zero attached hydrogens (tertiary/aromatic N) is 2. The smallest absolute Gasteiger partial charge is 0.143 e. The summed E-state index contributed by atoms with van der Waals surface area (Å²) in [6.07, 6.45) is 7.95. The molecule has 1 aliphatic carbocycles. The quantitative estimate of drug-likeness (QED) is 0.172. The average Bonchev–Trinajstić information content (AvgIpc) is 3.79. The first-order chi connectivity index (χ1) is 27.3. The molecule has 0 saturated heterocycles. The molecule has 11 rings (SSSR count). The molecule has 0 amide bonds. The minimum atomic E-state index is 0.0445. The van der Waals surface area contributed by atoms with E-state index in [9.17, 15) is 0 Å². The van der Waals surface area contributed by atoms with Gasteiger partial charge in [0.2, 0.25) is 0 Å². The van der Waals surface area contributed by atoms with E-state index in [1.54, 1.807) is 0 Å². The third-order valence-electron chi connectivity index (χ3n) is 11.3. The fraction of sp³-hybridized carbons (Fsp3) is 0.0385. The van der Waals surface area contributed by atoms with Crippen LogP contribution in [0.25, 0.3) is 82.5 Å². The van der Waals surface area contributed by atoms with Gasteiger partial charge >= 0.3 is 0 Å². The van der Waals surface area contributed by atoms with Gasteiger partial charge in [-0.1, -0.05) is 158 Å². The molecule has 2 aromatic heterocycles. The van der Waals surface area contributed by atoms with Crippen molar-refractivity contribution < 1.29 is 4.42 Å². The summed E-state index contributed by atoms with van der Waals surface area (Å²) in [5.74, 6) is 0. The van der Waals surface area contributed by atoms with Crippen molar-refractivity contribution >= 4 is 71.6 Å². The number of anilines is 2. The zero-order chi connectivity index (χ0) is 36.3. The molecule has 0 spiro atoms. The van der Waals surface area contributed by atoms with E-state index in [2.05, 4.69) is 210 Å². The lowest BCUT2D eigenvalue weighted by Crippen LogP contribution is -2.31. The van der Waals surface area contributed by atoms with Crippen LogP contribution in [-0.4, -0.2) is 10.6 Å². The van der Waals surface area contributed by atoms with Gasteiger partial charge in [0.1, 0.15) is 11.2 Å². The SMILES string of the molecule is C1=CC(N(c2ccccc2-c2ccccc2)c2ccccc2-c2cccc3c2oc2cc4ccccc4cc23)CC=C1n1c2ccccc2c2ccccc21. The van der Waals surface area contributed by atoms with Gasteiger partial charge in [-0.3, -0.25) is 0 Å². The van der Waals surface area contributed by atoms with Crippen LogP contribution in [0.2, 0.25) is 0 Å². The zero-order valence-corrected chi connectivity index (χ0v) is 30.1. The molecule has 260 valence electrons. The van der Waals surface area contributed by atoms with E-state index in [0.29, 0.717) is 0 Å². The van der Waals surface area contributed by atoms with Gasteiger partial charge in [0.15, 0.2) is 0 Å². The molecule has 0 aliphatic heterocycles. The van der Waals surface area contributed by atoms with E-state index in [1.807, 2.05) is 0 Å². The Morgan fingerprint density at radius 3 is 1.80 bits per heavy atom. The maximum atomic E-state index is 6.81. The van der Waals surface area contributed by atoms with Crippen LogP contribution in [0, 0.1) is 0 Å². The molecule has 1 aliphatic rings. The summed E-state index contributed by atoms with van der Waals surface area (Å²) >= 11 is 0. The number of rotatable bonds is 6. The van der Waals surface area contributed by atoms with Crippen molar-refractivity contribution in [2.24, 2.45) is 0 Å². The monoisotopic (exact) mass is 704 g/mol. The summed E-state index contributed by atoms with van der Waals surface area (Å²) in [5.41, 5.74) is 12.3. The van der Waals surface area contributed by atoms with Gasteiger partial charge in [-0.15, -0.1) is 0 Å². The number of furan rings is 1. The van der Waals surface area contributed by atoms with Crippen LogP contribution in [0.4, 0.5) is 11.4 Å². The summed E-state index contributed by atoms with van der Waals surface area (Å²) < 4.78 is 9.22. The first-order valence-electron chi connectivity index (χ1n) is 19.0. The minimum Gasteiger partial charge on any atom is -0.455 e. The van der Waals surface area contributed by atoms with Crippen LogP contribution < -0.4 is 4.90 Å². The highest BCUT2D eigenvalue weighted by atomic mass is 16.3. The molecule has 1 unspecified atom stereocenters. The summed E-state index contributed by atoms with van der Waals surface area (Å²) in [7, 11) is 0. The lowest BCUT2D eigenvalue weighted by molar-refractivity contribution is 0.670. The Bertz CT molecular complexity index is 3090. The Kier molecular flexibility index (Phi) is 7.31. The maximum absolute atomic E-state index is 6.81. The Hall–Kier alpha value is -7.10.